The van der Waals surface area contributed by atoms with E-state index in [-0.39, 0.29) is 5.91 Å². The molecular formula is C15H24N2O2. The van der Waals surface area contributed by atoms with E-state index in [0.29, 0.717) is 13.1 Å². The number of rotatable bonds is 7. The van der Waals surface area contributed by atoms with E-state index in [1.807, 2.05) is 32.0 Å². The number of carbonyl (C=O) groups excluding carboxylic acids is 1. The Morgan fingerprint density at radius 2 is 2.21 bits per heavy atom. The van der Waals surface area contributed by atoms with Crippen molar-refractivity contribution in [2.45, 2.75) is 39.7 Å². The normalized spacial score (nSPS) is 12.0. The molecule has 0 aliphatic rings. The number of para-hydroxylation sites is 1. The fourth-order valence-electron chi connectivity index (χ4n) is 1.86. The Morgan fingerprint density at radius 1 is 1.47 bits per heavy atom. The fraction of sp³-hybridized carbons (Fsp3) is 0.533. The third kappa shape index (κ3) is 4.56. The van der Waals surface area contributed by atoms with Gasteiger partial charge in [-0.1, -0.05) is 25.1 Å². The number of carbonyl (C=O) groups is 1. The zero-order chi connectivity index (χ0) is 14.3. The van der Waals surface area contributed by atoms with Crippen LogP contribution in [-0.2, 0) is 11.2 Å². The van der Waals surface area contributed by atoms with Gasteiger partial charge in [0, 0.05) is 6.54 Å². The smallest absolute Gasteiger partial charge is 0.260 e. The molecule has 0 aromatic heterocycles. The van der Waals surface area contributed by atoms with Crippen LogP contribution in [0, 0.1) is 6.92 Å². The fourth-order valence-corrected chi connectivity index (χ4v) is 1.86. The minimum absolute atomic E-state index is 0.0798. The maximum atomic E-state index is 11.8. The summed E-state index contributed by atoms with van der Waals surface area (Å²) in [6.07, 6.45) is 1.17. The number of ether oxygens (including phenoxy) is 1. The van der Waals surface area contributed by atoms with Gasteiger partial charge in [-0.3, -0.25) is 4.79 Å². The van der Waals surface area contributed by atoms with Crippen LogP contribution in [0.1, 0.15) is 31.4 Å². The van der Waals surface area contributed by atoms with Crippen LogP contribution in [0.4, 0.5) is 0 Å². The topological polar surface area (TPSA) is 64.3 Å². The van der Waals surface area contributed by atoms with E-state index in [9.17, 15) is 4.79 Å². The lowest BCUT2D eigenvalue weighted by atomic mass is 10.1. The van der Waals surface area contributed by atoms with Crippen molar-refractivity contribution in [1.29, 1.82) is 0 Å². The van der Waals surface area contributed by atoms with Crippen molar-refractivity contribution in [2.24, 2.45) is 5.73 Å². The molecule has 0 bridgehead atoms. The second kappa shape index (κ2) is 7.79. The molecule has 1 rings (SSSR count). The molecule has 106 valence electrons. The SMILES string of the molecule is CCCNC(=O)C(C)Oc1c(C)cccc1CCN. The van der Waals surface area contributed by atoms with Gasteiger partial charge in [-0.2, -0.15) is 0 Å². The molecule has 0 radical (unpaired) electrons. The number of benzene rings is 1. The molecule has 0 aliphatic heterocycles. The molecule has 0 saturated heterocycles. The molecule has 1 atom stereocenters. The van der Waals surface area contributed by atoms with E-state index >= 15 is 0 Å². The largest absolute Gasteiger partial charge is 0.480 e. The molecule has 0 spiro atoms. The zero-order valence-corrected chi connectivity index (χ0v) is 12.0. The summed E-state index contributed by atoms with van der Waals surface area (Å²) in [4.78, 5) is 11.8. The maximum Gasteiger partial charge on any atom is 0.260 e. The van der Waals surface area contributed by atoms with Crippen LogP contribution in [0.5, 0.6) is 5.75 Å². The monoisotopic (exact) mass is 264 g/mol. The average molecular weight is 264 g/mol. The molecular weight excluding hydrogens is 240 g/mol. The number of nitrogens with one attached hydrogen (secondary N) is 1. The highest BCUT2D eigenvalue weighted by molar-refractivity contribution is 5.80. The first-order valence-corrected chi connectivity index (χ1v) is 6.83. The van der Waals surface area contributed by atoms with Crippen LogP contribution >= 0.6 is 0 Å². The van der Waals surface area contributed by atoms with Crippen molar-refractivity contribution in [3.8, 4) is 5.75 Å². The second-order valence-electron chi connectivity index (χ2n) is 4.65. The molecule has 3 N–H and O–H groups in total. The van der Waals surface area contributed by atoms with Gasteiger partial charge in [-0.05, 0) is 44.4 Å². The minimum Gasteiger partial charge on any atom is -0.480 e. The highest BCUT2D eigenvalue weighted by Crippen LogP contribution is 2.24. The Labute approximate surface area is 115 Å². The van der Waals surface area contributed by atoms with Gasteiger partial charge in [-0.25, -0.2) is 0 Å². The van der Waals surface area contributed by atoms with E-state index in [2.05, 4.69) is 5.32 Å². The van der Waals surface area contributed by atoms with Crippen molar-refractivity contribution in [1.82, 2.24) is 5.32 Å². The lowest BCUT2D eigenvalue weighted by Crippen LogP contribution is -2.37. The van der Waals surface area contributed by atoms with Crippen molar-refractivity contribution in [2.75, 3.05) is 13.1 Å². The first-order valence-electron chi connectivity index (χ1n) is 6.83. The van der Waals surface area contributed by atoms with Gasteiger partial charge >= 0.3 is 0 Å². The summed E-state index contributed by atoms with van der Waals surface area (Å²) >= 11 is 0. The summed E-state index contributed by atoms with van der Waals surface area (Å²) in [5.41, 5.74) is 7.68. The standard InChI is InChI=1S/C15H24N2O2/c1-4-10-17-15(18)12(3)19-14-11(2)6-5-7-13(14)8-9-16/h5-7,12H,4,8-10,16H2,1-3H3,(H,17,18). The molecule has 0 fully saturated rings. The maximum absolute atomic E-state index is 11.8. The van der Waals surface area contributed by atoms with Crippen molar-refractivity contribution in [3.63, 3.8) is 0 Å². The van der Waals surface area contributed by atoms with Gasteiger partial charge in [0.05, 0.1) is 0 Å². The first-order chi connectivity index (χ1) is 9.10. The van der Waals surface area contributed by atoms with Gasteiger partial charge in [0.15, 0.2) is 6.10 Å². The molecule has 1 aromatic carbocycles. The molecule has 0 aliphatic carbocycles. The summed E-state index contributed by atoms with van der Waals surface area (Å²) in [5.74, 6) is 0.705. The van der Waals surface area contributed by atoms with Gasteiger partial charge in [0.1, 0.15) is 5.75 Å². The van der Waals surface area contributed by atoms with Gasteiger partial charge in [0.25, 0.3) is 5.91 Å². The Hall–Kier alpha value is -1.55. The van der Waals surface area contributed by atoms with E-state index in [0.717, 1.165) is 29.7 Å². The Kier molecular flexibility index (Phi) is 6.36. The molecule has 1 aromatic rings. The Bertz CT molecular complexity index is 419. The highest BCUT2D eigenvalue weighted by Gasteiger charge is 2.16. The predicted octanol–water partition coefficient (Wildman–Crippen LogP) is 1.79. The molecule has 4 heteroatoms. The highest BCUT2D eigenvalue weighted by atomic mass is 16.5. The summed E-state index contributed by atoms with van der Waals surface area (Å²) in [7, 11) is 0. The zero-order valence-electron chi connectivity index (χ0n) is 12.0. The third-order valence-electron chi connectivity index (χ3n) is 2.92. The van der Waals surface area contributed by atoms with E-state index in [1.54, 1.807) is 6.92 Å². The van der Waals surface area contributed by atoms with E-state index in [4.69, 9.17) is 10.5 Å². The molecule has 4 nitrogen and oxygen atoms in total. The van der Waals surface area contributed by atoms with Crippen LogP contribution < -0.4 is 15.8 Å². The number of hydrogen-bond acceptors (Lipinski definition) is 3. The third-order valence-corrected chi connectivity index (χ3v) is 2.92. The lowest BCUT2D eigenvalue weighted by Gasteiger charge is -2.18. The second-order valence-corrected chi connectivity index (χ2v) is 4.65. The van der Waals surface area contributed by atoms with Crippen molar-refractivity contribution >= 4 is 5.91 Å². The Morgan fingerprint density at radius 3 is 2.84 bits per heavy atom. The first kappa shape index (κ1) is 15.5. The molecule has 19 heavy (non-hydrogen) atoms. The molecule has 1 amide bonds. The van der Waals surface area contributed by atoms with Gasteiger partial charge in [0.2, 0.25) is 0 Å². The molecule has 0 heterocycles. The van der Waals surface area contributed by atoms with Crippen LogP contribution in [0.25, 0.3) is 0 Å². The average Bonchev–Trinajstić information content (AvgIpc) is 2.40. The van der Waals surface area contributed by atoms with Crippen molar-refractivity contribution < 1.29 is 9.53 Å². The number of aryl methyl sites for hydroxylation is 1. The number of amides is 1. The molecule has 0 saturated carbocycles. The summed E-state index contributed by atoms with van der Waals surface area (Å²) in [5, 5.41) is 2.83. The number of nitrogens with two attached hydrogens (primary N) is 1. The van der Waals surface area contributed by atoms with Crippen molar-refractivity contribution in [3.05, 3.63) is 29.3 Å². The predicted molar refractivity (Wildman–Crippen MR) is 77.3 cm³/mol. The number of hydrogen-bond donors (Lipinski definition) is 2. The quantitative estimate of drug-likeness (QED) is 0.789. The van der Waals surface area contributed by atoms with Crippen LogP contribution in [-0.4, -0.2) is 25.1 Å². The summed E-state index contributed by atoms with van der Waals surface area (Å²) < 4.78 is 5.82. The van der Waals surface area contributed by atoms with Crippen LogP contribution in [0.15, 0.2) is 18.2 Å². The summed E-state index contributed by atoms with van der Waals surface area (Å²) in [6, 6.07) is 5.95. The van der Waals surface area contributed by atoms with Gasteiger partial charge < -0.3 is 15.8 Å². The van der Waals surface area contributed by atoms with E-state index < -0.39 is 6.10 Å². The molecule has 1 unspecified atom stereocenters. The van der Waals surface area contributed by atoms with E-state index in [1.165, 1.54) is 0 Å². The van der Waals surface area contributed by atoms with Crippen LogP contribution in [0.2, 0.25) is 0 Å². The lowest BCUT2D eigenvalue weighted by molar-refractivity contribution is -0.127. The minimum atomic E-state index is -0.496. The summed E-state index contributed by atoms with van der Waals surface area (Å²) in [6.45, 7) is 7.01. The van der Waals surface area contributed by atoms with Crippen LogP contribution in [0.3, 0.4) is 0 Å². The van der Waals surface area contributed by atoms with Gasteiger partial charge in [-0.15, -0.1) is 0 Å². The Balaban J connectivity index is 2.77.